The Balaban J connectivity index is 2.02. The molecular formula is C10H12N4S. The van der Waals surface area contributed by atoms with E-state index in [1.54, 1.807) is 12.4 Å². The lowest BCUT2D eigenvalue weighted by Gasteiger charge is -2.05. The van der Waals surface area contributed by atoms with Crippen molar-refractivity contribution in [3.05, 3.63) is 35.8 Å². The zero-order valence-corrected chi connectivity index (χ0v) is 9.21. The molecule has 0 spiro atoms. The maximum absolute atomic E-state index is 5.58. The van der Waals surface area contributed by atoms with Crippen LogP contribution in [0.5, 0.6) is 0 Å². The summed E-state index contributed by atoms with van der Waals surface area (Å²) >= 11 is 1.45. The zero-order chi connectivity index (χ0) is 10.7. The van der Waals surface area contributed by atoms with E-state index in [2.05, 4.69) is 15.3 Å². The largest absolute Gasteiger partial charge is 0.389 e. The second-order valence-corrected chi connectivity index (χ2v) is 4.29. The molecule has 0 amide bonds. The molecule has 0 aliphatic heterocycles. The molecule has 0 aliphatic rings. The van der Waals surface area contributed by atoms with Gasteiger partial charge in [-0.25, -0.2) is 4.98 Å². The fourth-order valence-electron chi connectivity index (χ4n) is 1.24. The lowest BCUT2D eigenvalue weighted by Crippen LogP contribution is -2.00. The van der Waals surface area contributed by atoms with E-state index < -0.39 is 0 Å². The number of hydrogen-bond acceptors (Lipinski definition) is 5. The second-order valence-electron chi connectivity index (χ2n) is 3.22. The summed E-state index contributed by atoms with van der Waals surface area (Å²) in [6, 6.07) is 2.00. The van der Waals surface area contributed by atoms with Crippen LogP contribution in [0.3, 0.4) is 0 Å². The lowest BCUT2D eigenvalue weighted by molar-refractivity contribution is 1.08. The normalized spacial score (nSPS) is 10.2. The Bertz CT molecular complexity index is 452. The SMILES string of the molecule is Cc1cnccc1CNc1ncc(N)s1. The average molecular weight is 220 g/mol. The molecule has 0 fully saturated rings. The van der Waals surface area contributed by atoms with Gasteiger partial charge >= 0.3 is 0 Å². The molecule has 0 bridgehead atoms. The van der Waals surface area contributed by atoms with Crippen molar-refractivity contribution in [3.63, 3.8) is 0 Å². The number of thiazole rings is 1. The van der Waals surface area contributed by atoms with Gasteiger partial charge in [-0.2, -0.15) is 0 Å². The van der Waals surface area contributed by atoms with Crippen LogP contribution >= 0.6 is 11.3 Å². The highest BCUT2D eigenvalue weighted by atomic mass is 32.1. The van der Waals surface area contributed by atoms with Gasteiger partial charge in [0, 0.05) is 18.9 Å². The molecule has 0 unspecified atom stereocenters. The van der Waals surface area contributed by atoms with Crippen LogP contribution in [0, 0.1) is 6.92 Å². The second kappa shape index (κ2) is 4.27. The molecule has 5 heteroatoms. The first kappa shape index (κ1) is 9.92. The number of nitrogen functional groups attached to an aromatic ring is 1. The first-order valence-electron chi connectivity index (χ1n) is 4.60. The van der Waals surface area contributed by atoms with Gasteiger partial charge in [0.15, 0.2) is 5.13 Å². The molecule has 2 aromatic rings. The van der Waals surface area contributed by atoms with Crippen molar-refractivity contribution >= 4 is 21.5 Å². The summed E-state index contributed by atoms with van der Waals surface area (Å²) in [6.45, 7) is 2.79. The van der Waals surface area contributed by atoms with E-state index in [0.717, 1.165) is 16.7 Å². The fourth-order valence-corrected chi connectivity index (χ4v) is 1.82. The van der Waals surface area contributed by atoms with Crippen molar-refractivity contribution in [2.45, 2.75) is 13.5 Å². The predicted octanol–water partition coefficient (Wildman–Crippen LogP) is 2.04. The topological polar surface area (TPSA) is 63.8 Å². The Labute approximate surface area is 92.2 Å². The first-order valence-corrected chi connectivity index (χ1v) is 5.42. The molecule has 15 heavy (non-hydrogen) atoms. The van der Waals surface area contributed by atoms with Crippen LogP contribution in [-0.4, -0.2) is 9.97 Å². The van der Waals surface area contributed by atoms with Gasteiger partial charge in [-0.05, 0) is 24.1 Å². The van der Waals surface area contributed by atoms with Gasteiger partial charge in [-0.1, -0.05) is 11.3 Å². The van der Waals surface area contributed by atoms with Crippen LogP contribution in [0.2, 0.25) is 0 Å². The number of aromatic nitrogens is 2. The van der Waals surface area contributed by atoms with Gasteiger partial charge in [0.05, 0.1) is 6.20 Å². The number of nitrogens with one attached hydrogen (secondary N) is 1. The summed E-state index contributed by atoms with van der Waals surface area (Å²) in [5.74, 6) is 0. The van der Waals surface area contributed by atoms with E-state index in [1.807, 2.05) is 19.2 Å². The standard InChI is InChI=1S/C10H12N4S/c1-7-4-12-3-2-8(7)5-13-10-14-6-9(11)15-10/h2-4,6H,5,11H2,1H3,(H,13,14). The quantitative estimate of drug-likeness (QED) is 0.830. The summed E-state index contributed by atoms with van der Waals surface area (Å²) in [6.07, 6.45) is 5.31. The highest BCUT2D eigenvalue weighted by molar-refractivity contribution is 7.19. The minimum absolute atomic E-state index is 0.726. The number of anilines is 2. The van der Waals surface area contributed by atoms with Crippen molar-refractivity contribution in [3.8, 4) is 0 Å². The Kier molecular flexibility index (Phi) is 2.82. The van der Waals surface area contributed by atoms with Gasteiger partial charge in [0.25, 0.3) is 0 Å². The van der Waals surface area contributed by atoms with Crippen molar-refractivity contribution in [1.29, 1.82) is 0 Å². The van der Waals surface area contributed by atoms with E-state index in [9.17, 15) is 0 Å². The number of hydrogen-bond donors (Lipinski definition) is 2. The first-order chi connectivity index (χ1) is 7.25. The minimum atomic E-state index is 0.726. The average Bonchev–Trinajstić information content (AvgIpc) is 2.63. The van der Waals surface area contributed by atoms with Crippen molar-refractivity contribution in [2.24, 2.45) is 0 Å². The zero-order valence-electron chi connectivity index (χ0n) is 8.40. The third-order valence-electron chi connectivity index (χ3n) is 2.09. The van der Waals surface area contributed by atoms with Crippen LogP contribution in [-0.2, 0) is 6.54 Å². The van der Waals surface area contributed by atoms with Gasteiger partial charge < -0.3 is 11.1 Å². The molecule has 0 aromatic carbocycles. The van der Waals surface area contributed by atoms with Crippen LogP contribution < -0.4 is 11.1 Å². The maximum atomic E-state index is 5.58. The van der Waals surface area contributed by atoms with Gasteiger partial charge in [0.2, 0.25) is 0 Å². The molecule has 0 saturated heterocycles. The smallest absolute Gasteiger partial charge is 0.184 e. The number of aryl methyl sites for hydroxylation is 1. The van der Waals surface area contributed by atoms with Crippen LogP contribution in [0.25, 0.3) is 0 Å². The summed E-state index contributed by atoms with van der Waals surface area (Å²) < 4.78 is 0. The molecule has 0 radical (unpaired) electrons. The molecule has 78 valence electrons. The number of rotatable bonds is 3. The van der Waals surface area contributed by atoms with Gasteiger partial charge in [-0.15, -0.1) is 0 Å². The Morgan fingerprint density at radius 3 is 3.00 bits per heavy atom. The molecule has 2 heterocycles. The molecule has 0 atom stereocenters. The molecule has 2 aromatic heterocycles. The predicted molar refractivity (Wildman–Crippen MR) is 62.8 cm³/mol. The summed E-state index contributed by atoms with van der Waals surface area (Å²) in [5, 5.41) is 4.80. The van der Waals surface area contributed by atoms with E-state index in [0.29, 0.717) is 0 Å². The molecule has 2 rings (SSSR count). The molecule has 0 aliphatic carbocycles. The molecule has 0 saturated carbocycles. The number of nitrogens with two attached hydrogens (primary N) is 1. The molecule has 3 N–H and O–H groups in total. The molecule has 4 nitrogen and oxygen atoms in total. The van der Waals surface area contributed by atoms with Gasteiger partial charge in [-0.3, -0.25) is 4.98 Å². The number of pyridine rings is 1. The van der Waals surface area contributed by atoms with E-state index in [-0.39, 0.29) is 0 Å². The maximum Gasteiger partial charge on any atom is 0.184 e. The Morgan fingerprint density at radius 1 is 1.47 bits per heavy atom. The summed E-state index contributed by atoms with van der Waals surface area (Å²) in [5.41, 5.74) is 7.98. The lowest BCUT2D eigenvalue weighted by atomic mass is 10.2. The third-order valence-corrected chi connectivity index (χ3v) is 2.87. The van der Waals surface area contributed by atoms with Crippen molar-refractivity contribution in [2.75, 3.05) is 11.1 Å². The van der Waals surface area contributed by atoms with Crippen LogP contribution in [0.15, 0.2) is 24.7 Å². The van der Waals surface area contributed by atoms with Crippen LogP contribution in [0.4, 0.5) is 10.1 Å². The Hall–Kier alpha value is -1.62. The monoisotopic (exact) mass is 220 g/mol. The highest BCUT2D eigenvalue weighted by Crippen LogP contribution is 2.20. The summed E-state index contributed by atoms with van der Waals surface area (Å²) in [7, 11) is 0. The number of nitrogens with zero attached hydrogens (tertiary/aromatic N) is 2. The Morgan fingerprint density at radius 2 is 2.33 bits per heavy atom. The van der Waals surface area contributed by atoms with Gasteiger partial charge in [0.1, 0.15) is 5.00 Å². The van der Waals surface area contributed by atoms with Crippen LogP contribution in [0.1, 0.15) is 11.1 Å². The van der Waals surface area contributed by atoms with E-state index >= 15 is 0 Å². The third kappa shape index (κ3) is 2.44. The fraction of sp³-hybridized carbons (Fsp3) is 0.200. The minimum Gasteiger partial charge on any atom is -0.389 e. The molecular weight excluding hydrogens is 208 g/mol. The van der Waals surface area contributed by atoms with Crippen molar-refractivity contribution < 1.29 is 0 Å². The highest BCUT2D eigenvalue weighted by Gasteiger charge is 2.00. The van der Waals surface area contributed by atoms with E-state index in [1.165, 1.54) is 22.5 Å². The summed E-state index contributed by atoms with van der Waals surface area (Å²) in [4.78, 5) is 8.17. The van der Waals surface area contributed by atoms with Crippen molar-refractivity contribution in [1.82, 2.24) is 9.97 Å². The van der Waals surface area contributed by atoms with E-state index in [4.69, 9.17) is 5.73 Å².